The number of allylic oxidation sites excluding steroid dienone is 3. The summed E-state index contributed by atoms with van der Waals surface area (Å²) in [6, 6.07) is 0. The molecule has 0 aromatic rings. The van der Waals surface area contributed by atoms with E-state index in [1.807, 2.05) is 0 Å². The zero-order valence-electron chi connectivity index (χ0n) is 20.7. The van der Waals surface area contributed by atoms with Crippen LogP contribution in [0.15, 0.2) is 23.8 Å². The van der Waals surface area contributed by atoms with Crippen LogP contribution in [0.1, 0.15) is 129 Å². The van der Waals surface area contributed by atoms with Crippen LogP contribution in [-0.4, -0.2) is 18.5 Å². The summed E-state index contributed by atoms with van der Waals surface area (Å²) in [5.74, 6) is 2.02. The number of Topliss-reactive ketones (excluding diaryl/α,β-unsaturated/α-hetero) is 1. The van der Waals surface area contributed by atoms with Gasteiger partial charge in [0.05, 0.1) is 6.61 Å². The summed E-state index contributed by atoms with van der Waals surface area (Å²) < 4.78 is 5.58. The first-order chi connectivity index (χ1) is 15.3. The molecule has 1 aliphatic carbocycles. The van der Waals surface area contributed by atoms with Crippen LogP contribution in [0.25, 0.3) is 0 Å². The quantitative estimate of drug-likeness (QED) is 0.160. The number of carbonyl (C=O) groups excluding carboxylic acids is 1. The lowest BCUT2D eigenvalue weighted by molar-refractivity contribution is -0.133. The van der Waals surface area contributed by atoms with E-state index < -0.39 is 0 Å². The summed E-state index contributed by atoms with van der Waals surface area (Å²) >= 11 is 0. The van der Waals surface area contributed by atoms with Gasteiger partial charge in [-0.1, -0.05) is 89.9 Å². The van der Waals surface area contributed by atoms with Crippen LogP contribution in [0.4, 0.5) is 0 Å². The number of carbonyl (C=O) groups is 1. The Morgan fingerprint density at radius 2 is 1.65 bits per heavy atom. The van der Waals surface area contributed by atoms with Crippen molar-refractivity contribution in [2.75, 3.05) is 6.61 Å². The van der Waals surface area contributed by atoms with Gasteiger partial charge in [-0.3, -0.25) is 4.79 Å². The monoisotopic (exact) mass is 430 g/mol. The second-order valence-electron chi connectivity index (χ2n) is 10.0. The van der Waals surface area contributed by atoms with Crippen LogP contribution in [0, 0.1) is 11.8 Å². The molecule has 0 amide bonds. The summed E-state index contributed by atoms with van der Waals surface area (Å²) in [5, 5.41) is 0. The third kappa shape index (κ3) is 10.5. The molecule has 0 N–H and O–H groups in total. The van der Waals surface area contributed by atoms with Crippen molar-refractivity contribution in [3.8, 4) is 0 Å². The van der Waals surface area contributed by atoms with Crippen LogP contribution in [0.3, 0.4) is 0 Å². The lowest BCUT2D eigenvalue weighted by Crippen LogP contribution is -2.38. The van der Waals surface area contributed by atoms with E-state index in [1.54, 1.807) is 0 Å². The predicted octanol–water partition coefficient (Wildman–Crippen LogP) is 8.74. The van der Waals surface area contributed by atoms with Gasteiger partial charge in [-0.25, -0.2) is 0 Å². The molecule has 1 heterocycles. The number of hydrogen-bond donors (Lipinski definition) is 0. The fourth-order valence-corrected chi connectivity index (χ4v) is 5.24. The molecule has 2 fully saturated rings. The highest BCUT2D eigenvalue weighted by molar-refractivity contribution is 5.87. The zero-order chi connectivity index (χ0) is 22.2. The molecule has 1 saturated heterocycles. The van der Waals surface area contributed by atoms with Crippen molar-refractivity contribution in [2.45, 2.75) is 136 Å². The highest BCUT2D eigenvalue weighted by atomic mass is 16.5. The van der Waals surface area contributed by atoms with Crippen molar-refractivity contribution in [1.29, 1.82) is 0 Å². The van der Waals surface area contributed by atoms with Crippen molar-refractivity contribution >= 4 is 5.78 Å². The average molecular weight is 431 g/mol. The number of unbranched alkanes of at least 4 members (excludes halogenated alkanes) is 10. The van der Waals surface area contributed by atoms with Gasteiger partial charge < -0.3 is 4.74 Å². The van der Waals surface area contributed by atoms with E-state index in [9.17, 15) is 4.79 Å². The number of hydrogen-bond acceptors (Lipinski definition) is 2. The molecule has 0 spiro atoms. The van der Waals surface area contributed by atoms with Crippen LogP contribution < -0.4 is 0 Å². The minimum absolute atomic E-state index is 0.201. The van der Waals surface area contributed by atoms with Gasteiger partial charge in [0.15, 0.2) is 5.78 Å². The second kappa shape index (κ2) is 16.7. The number of rotatable bonds is 18. The molecule has 3 atom stereocenters. The lowest BCUT2D eigenvalue weighted by atomic mass is 9.89. The Morgan fingerprint density at radius 3 is 2.35 bits per heavy atom. The molecule has 0 aromatic heterocycles. The topological polar surface area (TPSA) is 26.3 Å². The smallest absolute Gasteiger partial charge is 0.165 e. The van der Waals surface area contributed by atoms with Crippen LogP contribution >= 0.6 is 0 Å². The van der Waals surface area contributed by atoms with E-state index in [2.05, 4.69) is 32.1 Å². The number of ether oxygens (including phenoxy) is 1. The van der Waals surface area contributed by atoms with E-state index in [4.69, 9.17) is 4.74 Å². The summed E-state index contributed by atoms with van der Waals surface area (Å²) in [6.07, 6.45) is 29.8. The average Bonchev–Trinajstić information content (AvgIpc) is 3.19. The number of ketones is 1. The van der Waals surface area contributed by atoms with Gasteiger partial charge in [-0.15, -0.1) is 0 Å². The van der Waals surface area contributed by atoms with Crippen molar-refractivity contribution < 1.29 is 9.53 Å². The van der Waals surface area contributed by atoms with Crippen LogP contribution in [0.5, 0.6) is 0 Å². The molecule has 1 saturated carbocycles. The van der Waals surface area contributed by atoms with E-state index in [0.717, 1.165) is 24.7 Å². The van der Waals surface area contributed by atoms with E-state index in [0.29, 0.717) is 18.8 Å². The van der Waals surface area contributed by atoms with Gasteiger partial charge in [-0.2, -0.15) is 0 Å². The fourth-order valence-electron chi connectivity index (χ4n) is 5.24. The molecule has 178 valence electrons. The van der Waals surface area contributed by atoms with Crippen molar-refractivity contribution in [3.63, 3.8) is 0 Å². The van der Waals surface area contributed by atoms with E-state index in [1.165, 1.54) is 102 Å². The Morgan fingerprint density at radius 1 is 0.903 bits per heavy atom. The SMILES string of the molecule is CCCCCCC=C[C@H]1CCC[C@@H]1CCCCCC(=O)C1OCC1=CCCCCCC. The van der Waals surface area contributed by atoms with Gasteiger partial charge in [0.1, 0.15) is 6.10 Å². The Hall–Kier alpha value is -0.890. The molecular weight excluding hydrogens is 380 g/mol. The van der Waals surface area contributed by atoms with E-state index >= 15 is 0 Å². The summed E-state index contributed by atoms with van der Waals surface area (Å²) in [5.41, 5.74) is 1.25. The largest absolute Gasteiger partial charge is 0.361 e. The minimum Gasteiger partial charge on any atom is -0.361 e. The van der Waals surface area contributed by atoms with Gasteiger partial charge in [-0.05, 0) is 68.8 Å². The zero-order valence-corrected chi connectivity index (χ0v) is 20.7. The lowest BCUT2D eigenvalue weighted by Gasteiger charge is -2.29. The minimum atomic E-state index is -0.201. The molecule has 2 rings (SSSR count). The first kappa shape index (κ1) is 26.4. The fraction of sp³-hybridized carbons (Fsp3) is 0.828. The normalized spacial score (nSPS) is 24.8. The van der Waals surface area contributed by atoms with E-state index in [-0.39, 0.29) is 6.10 Å². The van der Waals surface area contributed by atoms with Crippen LogP contribution in [0.2, 0.25) is 0 Å². The molecule has 1 aliphatic heterocycles. The maximum atomic E-state index is 12.5. The Balaban J connectivity index is 1.53. The second-order valence-corrected chi connectivity index (χ2v) is 10.0. The highest BCUT2D eigenvalue weighted by Gasteiger charge is 2.31. The highest BCUT2D eigenvalue weighted by Crippen LogP contribution is 2.36. The third-order valence-corrected chi connectivity index (χ3v) is 7.33. The molecule has 2 nitrogen and oxygen atoms in total. The first-order valence-electron chi connectivity index (χ1n) is 13.8. The van der Waals surface area contributed by atoms with Gasteiger partial charge in [0.25, 0.3) is 0 Å². The van der Waals surface area contributed by atoms with Crippen LogP contribution in [-0.2, 0) is 9.53 Å². The molecule has 31 heavy (non-hydrogen) atoms. The molecular formula is C29H50O2. The predicted molar refractivity (Wildman–Crippen MR) is 133 cm³/mol. The summed E-state index contributed by atoms with van der Waals surface area (Å²) in [6.45, 7) is 5.20. The summed E-state index contributed by atoms with van der Waals surface area (Å²) in [4.78, 5) is 12.5. The molecule has 2 aliphatic rings. The standard InChI is InChI=1S/C29H50O2/c1-3-5-7-9-11-13-18-25-21-17-22-26(25)19-15-12-16-23-28(30)29-27(24-31-29)20-14-10-8-6-4-2/h13,18,20,25-26,29H,3-12,14-17,19,21-24H2,1-2H3/t25-,26-,29?/m0/s1. The molecule has 0 aromatic carbocycles. The Kier molecular flexibility index (Phi) is 14.2. The third-order valence-electron chi connectivity index (χ3n) is 7.33. The molecule has 1 unspecified atom stereocenters. The molecule has 0 bridgehead atoms. The van der Waals surface area contributed by atoms with Gasteiger partial charge in [0, 0.05) is 6.42 Å². The maximum absolute atomic E-state index is 12.5. The Labute approximate surface area is 193 Å². The Bertz CT molecular complexity index is 533. The maximum Gasteiger partial charge on any atom is 0.165 e. The van der Waals surface area contributed by atoms with Gasteiger partial charge in [0.2, 0.25) is 0 Å². The molecule has 0 radical (unpaired) electrons. The van der Waals surface area contributed by atoms with Gasteiger partial charge >= 0.3 is 0 Å². The summed E-state index contributed by atoms with van der Waals surface area (Å²) in [7, 11) is 0. The first-order valence-corrected chi connectivity index (χ1v) is 13.8. The van der Waals surface area contributed by atoms with Crippen molar-refractivity contribution in [1.82, 2.24) is 0 Å². The van der Waals surface area contributed by atoms with Crippen molar-refractivity contribution in [2.24, 2.45) is 11.8 Å². The van der Waals surface area contributed by atoms with Crippen molar-refractivity contribution in [3.05, 3.63) is 23.8 Å². The molecule has 2 heteroatoms.